The van der Waals surface area contributed by atoms with Crippen LogP contribution in [0.1, 0.15) is 50.8 Å². The van der Waals surface area contributed by atoms with E-state index in [0.717, 1.165) is 5.56 Å². The Kier molecular flexibility index (Phi) is 4.25. The van der Waals surface area contributed by atoms with Crippen molar-refractivity contribution in [2.75, 3.05) is 13.1 Å². The van der Waals surface area contributed by atoms with Gasteiger partial charge in [-0.3, -0.25) is 9.69 Å². The number of benzene rings is 1. The van der Waals surface area contributed by atoms with Gasteiger partial charge in [0.05, 0.1) is 6.07 Å². The first kappa shape index (κ1) is 14.7. The average Bonchev–Trinajstić information content (AvgIpc) is 2.41. The molecule has 2 rings (SSSR count). The Morgan fingerprint density at radius 3 is 2.15 bits per heavy atom. The number of Topliss-reactive ketones (excluding diaryl/α,β-unsaturated/α-hetero) is 1. The Balaban J connectivity index is 2.16. The third-order valence-electron chi connectivity index (χ3n) is 3.94. The summed E-state index contributed by atoms with van der Waals surface area (Å²) in [6.45, 7) is 7.93. The summed E-state index contributed by atoms with van der Waals surface area (Å²) in [4.78, 5) is 13.4. The Hall–Kier alpha value is -1.66. The number of carbonyl (C=O) groups excluding carboxylic acids is 1. The van der Waals surface area contributed by atoms with Gasteiger partial charge < -0.3 is 0 Å². The van der Waals surface area contributed by atoms with Gasteiger partial charge in [-0.2, -0.15) is 5.26 Å². The zero-order valence-electron chi connectivity index (χ0n) is 12.5. The molecule has 1 heterocycles. The van der Waals surface area contributed by atoms with E-state index >= 15 is 0 Å². The molecule has 1 unspecified atom stereocenters. The standard InChI is InChI=1S/C17H22N2O/c1-17(2,3)14-6-4-13(5-7-14)16(12-18)19-10-8-15(20)9-11-19/h4-7,16H,8-11H2,1-3H3. The molecule has 1 aromatic rings. The lowest BCUT2D eigenvalue weighted by atomic mass is 9.86. The summed E-state index contributed by atoms with van der Waals surface area (Å²) in [7, 11) is 0. The van der Waals surface area contributed by atoms with Crippen LogP contribution >= 0.6 is 0 Å². The molecule has 3 heteroatoms. The maximum absolute atomic E-state index is 11.3. The molecule has 0 bridgehead atoms. The predicted molar refractivity (Wildman–Crippen MR) is 79.3 cm³/mol. The van der Waals surface area contributed by atoms with Crippen LogP contribution in [0.2, 0.25) is 0 Å². The quantitative estimate of drug-likeness (QED) is 0.829. The third kappa shape index (κ3) is 3.26. The van der Waals surface area contributed by atoms with Gasteiger partial charge in [0.15, 0.2) is 0 Å². The second-order valence-corrected chi connectivity index (χ2v) is 6.48. The highest BCUT2D eigenvalue weighted by Gasteiger charge is 2.25. The first-order valence-corrected chi connectivity index (χ1v) is 7.17. The molecule has 1 atom stereocenters. The van der Waals surface area contributed by atoms with E-state index in [1.54, 1.807) is 0 Å². The highest BCUT2D eigenvalue weighted by molar-refractivity contribution is 5.79. The highest BCUT2D eigenvalue weighted by atomic mass is 16.1. The number of rotatable bonds is 2. The molecule has 0 N–H and O–H groups in total. The van der Waals surface area contributed by atoms with Gasteiger partial charge in [0.1, 0.15) is 11.8 Å². The minimum Gasteiger partial charge on any atom is -0.300 e. The summed E-state index contributed by atoms with van der Waals surface area (Å²) in [5.41, 5.74) is 2.42. The molecule has 1 aliphatic rings. The van der Waals surface area contributed by atoms with Crippen LogP contribution in [-0.4, -0.2) is 23.8 Å². The van der Waals surface area contributed by atoms with E-state index in [2.05, 4.69) is 43.9 Å². The van der Waals surface area contributed by atoms with Crippen molar-refractivity contribution < 1.29 is 4.79 Å². The molecular weight excluding hydrogens is 248 g/mol. The molecular formula is C17H22N2O. The average molecular weight is 270 g/mol. The third-order valence-corrected chi connectivity index (χ3v) is 3.94. The Morgan fingerprint density at radius 1 is 1.15 bits per heavy atom. The van der Waals surface area contributed by atoms with Gasteiger partial charge in [-0.1, -0.05) is 45.0 Å². The topological polar surface area (TPSA) is 44.1 Å². The van der Waals surface area contributed by atoms with Crippen LogP contribution in [-0.2, 0) is 10.2 Å². The van der Waals surface area contributed by atoms with Gasteiger partial charge in [-0.05, 0) is 16.5 Å². The minimum atomic E-state index is -0.239. The van der Waals surface area contributed by atoms with Crippen molar-refractivity contribution in [2.45, 2.75) is 45.1 Å². The molecule has 1 saturated heterocycles. The van der Waals surface area contributed by atoms with E-state index in [4.69, 9.17) is 0 Å². The SMILES string of the molecule is CC(C)(C)c1ccc(C(C#N)N2CCC(=O)CC2)cc1. The normalized spacial score (nSPS) is 18.6. The monoisotopic (exact) mass is 270 g/mol. The molecule has 1 fully saturated rings. The van der Waals surface area contributed by atoms with Crippen molar-refractivity contribution >= 4 is 5.78 Å². The molecule has 0 amide bonds. The van der Waals surface area contributed by atoms with Crippen molar-refractivity contribution in [1.82, 2.24) is 4.90 Å². The molecule has 1 aromatic carbocycles. The molecule has 1 aliphatic heterocycles. The Morgan fingerprint density at radius 2 is 1.70 bits per heavy atom. The van der Waals surface area contributed by atoms with Crippen LogP contribution in [0.15, 0.2) is 24.3 Å². The van der Waals surface area contributed by atoms with Crippen LogP contribution in [0.5, 0.6) is 0 Å². The maximum Gasteiger partial charge on any atom is 0.135 e. The molecule has 106 valence electrons. The summed E-state index contributed by atoms with van der Waals surface area (Å²) < 4.78 is 0. The number of nitriles is 1. The summed E-state index contributed by atoms with van der Waals surface area (Å²) in [6.07, 6.45) is 1.14. The lowest BCUT2D eigenvalue weighted by Gasteiger charge is -2.30. The van der Waals surface area contributed by atoms with Crippen molar-refractivity contribution in [3.05, 3.63) is 35.4 Å². The number of piperidine rings is 1. The summed E-state index contributed by atoms with van der Waals surface area (Å²) in [5, 5.41) is 9.45. The first-order valence-electron chi connectivity index (χ1n) is 7.17. The van der Waals surface area contributed by atoms with Gasteiger partial charge >= 0.3 is 0 Å². The number of carbonyl (C=O) groups is 1. The van der Waals surface area contributed by atoms with Crippen LogP contribution < -0.4 is 0 Å². The highest BCUT2D eigenvalue weighted by Crippen LogP contribution is 2.27. The lowest BCUT2D eigenvalue weighted by molar-refractivity contribution is -0.121. The molecule has 0 aromatic heterocycles. The van der Waals surface area contributed by atoms with Crippen LogP contribution in [0.4, 0.5) is 0 Å². The predicted octanol–water partition coefficient (Wildman–Crippen LogP) is 3.21. The van der Waals surface area contributed by atoms with Gasteiger partial charge in [0.25, 0.3) is 0 Å². The van der Waals surface area contributed by atoms with Crippen LogP contribution in [0.25, 0.3) is 0 Å². The Labute approximate surface area is 121 Å². The number of nitrogens with zero attached hydrogens (tertiary/aromatic N) is 2. The largest absolute Gasteiger partial charge is 0.300 e. The zero-order chi connectivity index (χ0) is 14.8. The van der Waals surface area contributed by atoms with Crippen molar-refractivity contribution in [2.24, 2.45) is 0 Å². The molecule has 0 saturated carbocycles. The van der Waals surface area contributed by atoms with Gasteiger partial charge in [-0.15, -0.1) is 0 Å². The van der Waals surface area contributed by atoms with Crippen molar-refractivity contribution in [3.63, 3.8) is 0 Å². The second-order valence-electron chi connectivity index (χ2n) is 6.48. The number of hydrogen-bond acceptors (Lipinski definition) is 3. The van der Waals surface area contributed by atoms with Gasteiger partial charge in [0.2, 0.25) is 0 Å². The van der Waals surface area contributed by atoms with E-state index in [1.807, 2.05) is 12.1 Å². The molecule has 0 aliphatic carbocycles. The van der Waals surface area contributed by atoms with E-state index in [0.29, 0.717) is 31.7 Å². The number of likely N-dealkylation sites (tertiary alicyclic amines) is 1. The zero-order valence-corrected chi connectivity index (χ0v) is 12.5. The fraction of sp³-hybridized carbons (Fsp3) is 0.529. The fourth-order valence-corrected chi connectivity index (χ4v) is 2.56. The Bertz CT molecular complexity index is 509. The van der Waals surface area contributed by atoms with Crippen molar-refractivity contribution in [1.29, 1.82) is 5.26 Å². The maximum atomic E-state index is 11.3. The first-order chi connectivity index (χ1) is 9.41. The van der Waals surface area contributed by atoms with E-state index in [-0.39, 0.29) is 11.5 Å². The second kappa shape index (κ2) is 5.76. The smallest absolute Gasteiger partial charge is 0.135 e. The minimum absolute atomic E-state index is 0.123. The van der Waals surface area contributed by atoms with E-state index in [9.17, 15) is 10.1 Å². The number of ketones is 1. The molecule has 20 heavy (non-hydrogen) atoms. The summed E-state index contributed by atoms with van der Waals surface area (Å²) in [6, 6.07) is 10.4. The molecule has 0 radical (unpaired) electrons. The van der Waals surface area contributed by atoms with Crippen LogP contribution in [0.3, 0.4) is 0 Å². The van der Waals surface area contributed by atoms with E-state index in [1.165, 1.54) is 5.56 Å². The number of hydrogen-bond donors (Lipinski definition) is 0. The van der Waals surface area contributed by atoms with E-state index < -0.39 is 0 Å². The lowest BCUT2D eigenvalue weighted by Crippen LogP contribution is -2.36. The van der Waals surface area contributed by atoms with Crippen molar-refractivity contribution in [3.8, 4) is 6.07 Å². The van der Waals surface area contributed by atoms with Gasteiger partial charge in [0, 0.05) is 25.9 Å². The molecule has 0 spiro atoms. The molecule has 3 nitrogen and oxygen atoms in total. The van der Waals surface area contributed by atoms with Gasteiger partial charge in [-0.25, -0.2) is 0 Å². The fourth-order valence-electron chi connectivity index (χ4n) is 2.56. The van der Waals surface area contributed by atoms with Crippen LogP contribution in [0, 0.1) is 11.3 Å². The summed E-state index contributed by atoms with van der Waals surface area (Å²) >= 11 is 0. The summed E-state index contributed by atoms with van der Waals surface area (Å²) in [5.74, 6) is 0.307.